The SMILES string of the molecule is CC(C)c1cccc(NC(=O)CCCc2ccc(Br)s2)c1. The van der Waals surface area contributed by atoms with Crippen LogP contribution in [-0.4, -0.2) is 5.91 Å². The van der Waals surface area contributed by atoms with E-state index in [0.29, 0.717) is 12.3 Å². The standard InChI is InChI=1S/C17H20BrNOS/c1-12(2)13-5-3-6-14(11-13)19-17(20)8-4-7-15-9-10-16(18)21-15/h3,5-6,9-12H,4,7-8H2,1-2H3,(H,19,20). The molecule has 21 heavy (non-hydrogen) atoms. The van der Waals surface area contributed by atoms with E-state index in [1.54, 1.807) is 11.3 Å². The van der Waals surface area contributed by atoms with Crippen LogP contribution < -0.4 is 5.32 Å². The van der Waals surface area contributed by atoms with Crippen molar-refractivity contribution in [3.63, 3.8) is 0 Å². The number of halogens is 1. The van der Waals surface area contributed by atoms with E-state index in [9.17, 15) is 4.79 Å². The molecule has 0 atom stereocenters. The van der Waals surface area contributed by atoms with Crippen molar-refractivity contribution in [3.8, 4) is 0 Å². The second-order valence-electron chi connectivity index (χ2n) is 5.39. The Labute approximate surface area is 138 Å². The number of thiophene rings is 1. The molecule has 1 N–H and O–H groups in total. The molecule has 4 heteroatoms. The Hall–Kier alpha value is -1.13. The number of hydrogen-bond acceptors (Lipinski definition) is 2. The molecule has 0 saturated heterocycles. The van der Waals surface area contributed by atoms with Crippen LogP contribution in [0.4, 0.5) is 5.69 Å². The van der Waals surface area contributed by atoms with Gasteiger partial charge in [-0.1, -0.05) is 26.0 Å². The lowest BCUT2D eigenvalue weighted by Gasteiger charge is -2.09. The van der Waals surface area contributed by atoms with Crippen LogP contribution in [0.15, 0.2) is 40.2 Å². The molecule has 0 radical (unpaired) electrons. The van der Waals surface area contributed by atoms with Crippen molar-refractivity contribution in [1.82, 2.24) is 0 Å². The molecule has 0 aliphatic carbocycles. The third-order valence-electron chi connectivity index (χ3n) is 3.29. The molecule has 1 heterocycles. The van der Waals surface area contributed by atoms with Crippen molar-refractivity contribution in [1.29, 1.82) is 0 Å². The minimum Gasteiger partial charge on any atom is -0.326 e. The Morgan fingerprint density at radius 2 is 2.10 bits per heavy atom. The van der Waals surface area contributed by atoms with Crippen molar-refractivity contribution in [2.24, 2.45) is 0 Å². The number of hydrogen-bond donors (Lipinski definition) is 1. The van der Waals surface area contributed by atoms with Crippen LogP contribution in [-0.2, 0) is 11.2 Å². The Bertz CT molecular complexity index is 606. The summed E-state index contributed by atoms with van der Waals surface area (Å²) in [6.45, 7) is 4.31. The zero-order chi connectivity index (χ0) is 15.2. The van der Waals surface area contributed by atoms with E-state index in [1.165, 1.54) is 10.4 Å². The first kappa shape index (κ1) is 16.2. The molecule has 0 aliphatic rings. The van der Waals surface area contributed by atoms with Crippen LogP contribution in [0.25, 0.3) is 0 Å². The highest BCUT2D eigenvalue weighted by atomic mass is 79.9. The van der Waals surface area contributed by atoms with Gasteiger partial charge in [0.1, 0.15) is 0 Å². The number of aryl methyl sites for hydroxylation is 1. The molecule has 112 valence electrons. The minimum absolute atomic E-state index is 0.0894. The van der Waals surface area contributed by atoms with Gasteiger partial charge in [-0.2, -0.15) is 0 Å². The van der Waals surface area contributed by atoms with Gasteiger partial charge in [0.15, 0.2) is 0 Å². The van der Waals surface area contributed by atoms with Gasteiger partial charge in [-0.3, -0.25) is 4.79 Å². The van der Waals surface area contributed by atoms with Gasteiger partial charge in [0.25, 0.3) is 0 Å². The van der Waals surface area contributed by atoms with Crippen molar-refractivity contribution in [3.05, 3.63) is 50.6 Å². The summed E-state index contributed by atoms with van der Waals surface area (Å²) < 4.78 is 1.15. The summed E-state index contributed by atoms with van der Waals surface area (Å²) in [4.78, 5) is 13.3. The van der Waals surface area contributed by atoms with Gasteiger partial charge in [0.05, 0.1) is 3.79 Å². The summed E-state index contributed by atoms with van der Waals surface area (Å²) in [6, 6.07) is 12.2. The fraction of sp³-hybridized carbons (Fsp3) is 0.353. The van der Waals surface area contributed by atoms with Gasteiger partial charge in [-0.05, 0) is 64.5 Å². The summed E-state index contributed by atoms with van der Waals surface area (Å²) in [5.74, 6) is 0.561. The molecule has 0 spiro atoms. The molecule has 0 bridgehead atoms. The summed E-state index contributed by atoms with van der Waals surface area (Å²) in [7, 11) is 0. The Kier molecular flexibility index (Phi) is 6.00. The van der Waals surface area contributed by atoms with Crippen LogP contribution in [0.2, 0.25) is 0 Å². The lowest BCUT2D eigenvalue weighted by Crippen LogP contribution is -2.11. The second kappa shape index (κ2) is 7.76. The van der Waals surface area contributed by atoms with Crippen LogP contribution in [0.1, 0.15) is 43.0 Å². The zero-order valence-corrected chi connectivity index (χ0v) is 14.8. The summed E-state index contributed by atoms with van der Waals surface area (Å²) in [5.41, 5.74) is 2.14. The van der Waals surface area contributed by atoms with E-state index in [4.69, 9.17) is 0 Å². The number of rotatable bonds is 6. The summed E-state index contributed by atoms with van der Waals surface area (Å²) >= 11 is 5.19. The lowest BCUT2D eigenvalue weighted by molar-refractivity contribution is -0.116. The Balaban J connectivity index is 1.80. The van der Waals surface area contributed by atoms with E-state index >= 15 is 0 Å². The van der Waals surface area contributed by atoms with Crippen molar-refractivity contribution in [2.45, 2.75) is 39.0 Å². The quantitative estimate of drug-likeness (QED) is 0.709. The monoisotopic (exact) mass is 365 g/mol. The van der Waals surface area contributed by atoms with E-state index in [0.717, 1.165) is 22.3 Å². The van der Waals surface area contributed by atoms with Gasteiger partial charge >= 0.3 is 0 Å². The molecule has 2 nitrogen and oxygen atoms in total. The third-order valence-corrected chi connectivity index (χ3v) is 4.98. The highest BCUT2D eigenvalue weighted by molar-refractivity contribution is 9.11. The summed E-state index contributed by atoms with van der Waals surface area (Å²) in [6.07, 6.45) is 2.39. The number of carbonyl (C=O) groups excluding carboxylic acids is 1. The number of amides is 1. The first-order chi connectivity index (χ1) is 10.0. The maximum Gasteiger partial charge on any atom is 0.224 e. The van der Waals surface area contributed by atoms with Crippen LogP contribution >= 0.6 is 27.3 Å². The molecule has 0 saturated carbocycles. The maximum atomic E-state index is 12.0. The molecular formula is C17H20BrNOS. The average Bonchev–Trinajstić information content (AvgIpc) is 2.84. The first-order valence-electron chi connectivity index (χ1n) is 7.18. The highest BCUT2D eigenvalue weighted by Crippen LogP contribution is 2.23. The highest BCUT2D eigenvalue weighted by Gasteiger charge is 2.05. The topological polar surface area (TPSA) is 29.1 Å². The van der Waals surface area contributed by atoms with E-state index in [-0.39, 0.29) is 5.91 Å². The number of nitrogens with one attached hydrogen (secondary N) is 1. The zero-order valence-electron chi connectivity index (χ0n) is 12.4. The molecule has 2 aromatic rings. The van der Waals surface area contributed by atoms with Gasteiger partial charge in [-0.15, -0.1) is 11.3 Å². The lowest BCUT2D eigenvalue weighted by atomic mass is 10.0. The molecule has 1 aromatic carbocycles. The normalized spacial score (nSPS) is 10.9. The van der Waals surface area contributed by atoms with Crippen LogP contribution in [0, 0.1) is 0 Å². The van der Waals surface area contributed by atoms with Gasteiger partial charge in [0, 0.05) is 17.0 Å². The van der Waals surface area contributed by atoms with Crippen LogP contribution in [0.3, 0.4) is 0 Å². The molecule has 0 aliphatic heterocycles. The van der Waals surface area contributed by atoms with Crippen LogP contribution in [0.5, 0.6) is 0 Å². The smallest absolute Gasteiger partial charge is 0.224 e. The predicted molar refractivity (Wildman–Crippen MR) is 94.1 cm³/mol. The molecule has 0 fully saturated rings. The fourth-order valence-corrected chi connectivity index (χ4v) is 3.63. The first-order valence-corrected chi connectivity index (χ1v) is 8.79. The van der Waals surface area contributed by atoms with E-state index in [2.05, 4.69) is 59.4 Å². The number of anilines is 1. The second-order valence-corrected chi connectivity index (χ2v) is 7.94. The predicted octanol–water partition coefficient (Wildman–Crippen LogP) is 5.60. The van der Waals surface area contributed by atoms with Gasteiger partial charge < -0.3 is 5.32 Å². The number of carbonyl (C=O) groups is 1. The Morgan fingerprint density at radius 1 is 1.29 bits per heavy atom. The van der Waals surface area contributed by atoms with Gasteiger partial charge in [0.2, 0.25) is 5.91 Å². The van der Waals surface area contributed by atoms with Crippen molar-refractivity contribution in [2.75, 3.05) is 5.32 Å². The fourth-order valence-electron chi connectivity index (χ4n) is 2.11. The molecular weight excluding hydrogens is 346 g/mol. The van der Waals surface area contributed by atoms with E-state index < -0.39 is 0 Å². The largest absolute Gasteiger partial charge is 0.326 e. The summed E-state index contributed by atoms with van der Waals surface area (Å²) in [5, 5.41) is 2.98. The van der Waals surface area contributed by atoms with Crippen molar-refractivity contribution >= 4 is 38.9 Å². The minimum atomic E-state index is 0.0894. The van der Waals surface area contributed by atoms with Crippen molar-refractivity contribution < 1.29 is 4.79 Å². The molecule has 1 aromatic heterocycles. The maximum absolute atomic E-state index is 12.0. The Morgan fingerprint density at radius 3 is 2.76 bits per heavy atom. The average molecular weight is 366 g/mol. The molecule has 0 unspecified atom stereocenters. The molecule has 2 rings (SSSR count). The molecule has 1 amide bonds. The van der Waals surface area contributed by atoms with Gasteiger partial charge in [-0.25, -0.2) is 0 Å². The number of benzene rings is 1. The van der Waals surface area contributed by atoms with E-state index in [1.807, 2.05) is 12.1 Å². The third kappa shape index (κ3) is 5.29.